The average molecular weight is 248 g/mol. The number of hydrogen-bond donors (Lipinski definition) is 2. The van der Waals surface area contributed by atoms with Crippen molar-refractivity contribution < 1.29 is 9.59 Å². The van der Waals surface area contributed by atoms with Gasteiger partial charge in [-0.25, -0.2) is 0 Å². The van der Waals surface area contributed by atoms with Crippen LogP contribution in [0.15, 0.2) is 0 Å². The molecule has 0 aliphatic rings. The predicted octanol–water partition coefficient (Wildman–Crippen LogP) is 0.973. The monoisotopic (exact) mass is 248 g/mol. The highest BCUT2D eigenvalue weighted by Gasteiger charge is 2.12. The molecule has 0 rings (SSSR count). The Morgan fingerprint density at radius 3 is 2.31 bits per heavy atom. The van der Waals surface area contributed by atoms with Crippen molar-refractivity contribution in [3.63, 3.8) is 0 Å². The van der Waals surface area contributed by atoms with Crippen molar-refractivity contribution in [1.82, 2.24) is 10.6 Å². The Balaban J connectivity index is 0. The van der Waals surface area contributed by atoms with E-state index in [2.05, 4.69) is 17.6 Å². The van der Waals surface area contributed by atoms with Crippen LogP contribution >= 0.6 is 13.5 Å². The SMILES string of the molecule is CCCCCC(=O)NCC(NC)C(C)=O.S. The molecule has 0 aromatic rings. The molecule has 0 saturated heterocycles. The number of carbonyl (C=O) groups excluding carboxylic acids is 2. The van der Waals surface area contributed by atoms with Crippen LogP contribution in [0.1, 0.15) is 39.5 Å². The first kappa shape index (κ1) is 17.8. The summed E-state index contributed by atoms with van der Waals surface area (Å²) >= 11 is 0. The summed E-state index contributed by atoms with van der Waals surface area (Å²) in [6.45, 7) is 4.01. The second kappa shape index (κ2) is 11.0. The van der Waals surface area contributed by atoms with Gasteiger partial charge in [0.15, 0.2) is 0 Å². The summed E-state index contributed by atoms with van der Waals surface area (Å²) in [5, 5.41) is 5.61. The van der Waals surface area contributed by atoms with E-state index < -0.39 is 0 Å². The molecule has 0 aromatic heterocycles. The first-order valence-corrected chi connectivity index (χ1v) is 5.56. The summed E-state index contributed by atoms with van der Waals surface area (Å²) < 4.78 is 0. The molecule has 2 N–H and O–H groups in total. The molecule has 0 aliphatic carbocycles. The molecule has 0 heterocycles. The molecule has 4 nitrogen and oxygen atoms in total. The van der Waals surface area contributed by atoms with E-state index in [0.29, 0.717) is 13.0 Å². The van der Waals surface area contributed by atoms with E-state index in [1.807, 2.05) is 0 Å². The van der Waals surface area contributed by atoms with E-state index in [1.165, 1.54) is 6.92 Å². The number of likely N-dealkylation sites (N-methyl/N-ethyl adjacent to an activating group) is 1. The number of amides is 1. The topological polar surface area (TPSA) is 58.2 Å². The zero-order valence-corrected chi connectivity index (χ0v) is 11.4. The summed E-state index contributed by atoms with van der Waals surface area (Å²) in [5.74, 6) is 0.0799. The molecular formula is C11H24N2O2S. The van der Waals surface area contributed by atoms with Crippen LogP contribution in [0, 0.1) is 0 Å². The molecule has 0 fully saturated rings. The lowest BCUT2D eigenvalue weighted by atomic mass is 10.2. The van der Waals surface area contributed by atoms with Gasteiger partial charge in [-0.2, -0.15) is 13.5 Å². The van der Waals surface area contributed by atoms with Gasteiger partial charge in [0.05, 0.1) is 6.04 Å². The predicted molar refractivity (Wildman–Crippen MR) is 71.1 cm³/mol. The van der Waals surface area contributed by atoms with E-state index in [0.717, 1.165) is 19.3 Å². The van der Waals surface area contributed by atoms with Crippen molar-refractivity contribution in [2.24, 2.45) is 0 Å². The Morgan fingerprint density at radius 2 is 1.88 bits per heavy atom. The minimum absolute atomic E-state index is 0. The van der Waals surface area contributed by atoms with E-state index >= 15 is 0 Å². The minimum Gasteiger partial charge on any atom is -0.354 e. The van der Waals surface area contributed by atoms with Crippen LogP contribution in [0.4, 0.5) is 0 Å². The van der Waals surface area contributed by atoms with Crippen LogP contribution in [0.25, 0.3) is 0 Å². The molecule has 1 atom stereocenters. The quantitative estimate of drug-likeness (QED) is 0.629. The van der Waals surface area contributed by atoms with Gasteiger partial charge in [-0.3, -0.25) is 9.59 Å². The molecule has 1 unspecified atom stereocenters. The Labute approximate surface area is 105 Å². The van der Waals surface area contributed by atoms with Gasteiger partial charge in [0, 0.05) is 13.0 Å². The lowest BCUT2D eigenvalue weighted by Gasteiger charge is -2.13. The van der Waals surface area contributed by atoms with Crippen LogP contribution in [0.5, 0.6) is 0 Å². The molecule has 0 saturated carbocycles. The average Bonchev–Trinajstić information content (AvgIpc) is 2.18. The molecule has 5 heteroatoms. The van der Waals surface area contributed by atoms with E-state index in [1.54, 1.807) is 7.05 Å². The van der Waals surface area contributed by atoms with E-state index in [9.17, 15) is 9.59 Å². The van der Waals surface area contributed by atoms with Crippen molar-refractivity contribution in [2.45, 2.75) is 45.6 Å². The van der Waals surface area contributed by atoms with Gasteiger partial charge >= 0.3 is 0 Å². The van der Waals surface area contributed by atoms with Crippen molar-refractivity contribution in [2.75, 3.05) is 13.6 Å². The molecule has 1 amide bonds. The second-order valence-electron chi connectivity index (χ2n) is 3.71. The third kappa shape index (κ3) is 8.73. The highest BCUT2D eigenvalue weighted by Crippen LogP contribution is 1.98. The van der Waals surface area contributed by atoms with Crippen molar-refractivity contribution in [3.05, 3.63) is 0 Å². The van der Waals surface area contributed by atoms with E-state index in [-0.39, 0.29) is 31.2 Å². The largest absolute Gasteiger partial charge is 0.354 e. The van der Waals surface area contributed by atoms with Gasteiger partial charge in [0.2, 0.25) is 5.91 Å². The third-order valence-electron chi connectivity index (χ3n) is 2.35. The number of carbonyl (C=O) groups is 2. The molecular weight excluding hydrogens is 224 g/mol. The van der Waals surface area contributed by atoms with Crippen molar-refractivity contribution >= 4 is 25.2 Å². The second-order valence-corrected chi connectivity index (χ2v) is 3.71. The minimum atomic E-state index is -0.264. The zero-order valence-electron chi connectivity index (χ0n) is 10.4. The van der Waals surface area contributed by atoms with Crippen LogP contribution in [-0.2, 0) is 9.59 Å². The standard InChI is InChI=1S/C11H22N2O2.H2S/c1-4-5-6-7-11(15)13-8-10(12-3)9(2)14;/h10,12H,4-8H2,1-3H3,(H,13,15);1H2. The Morgan fingerprint density at radius 1 is 1.25 bits per heavy atom. The van der Waals surface area contributed by atoms with Crippen molar-refractivity contribution in [3.8, 4) is 0 Å². The molecule has 96 valence electrons. The number of nitrogens with one attached hydrogen (secondary N) is 2. The highest BCUT2D eigenvalue weighted by atomic mass is 32.1. The highest BCUT2D eigenvalue weighted by molar-refractivity contribution is 7.59. The molecule has 0 bridgehead atoms. The smallest absolute Gasteiger partial charge is 0.220 e. The van der Waals surface area contributed by atoms with Gasteiger partial charge in [-0.1, -0.05) is 19.8 Å². The van der Waals surface area contributed by atoms with Crippen molar-refractivity contribution in [1.29, 1.82) is 0 Å². The van der Waals surface area contributed by atoms with Gasteiger partial charge in [-0.05, 0) is 20.4 Å². The number of Topliss-reactive ketones (excluding diaryl/α,β-unsaturated/α-hetero) is 1. The lowest BCUT2D eigenvalue weighted by Crippen LogP contribution is -2.43. The number of rotatable bonds is 8. The maximum Gasteiger partial charge on any atom is 0.220 e. The van der Waals surface area contributed by atoms with Crippen LogP contribution in [-0.4, -0.2) is 31.3 Å². The fourth-order valence-electron chi connectivity index (χ4n) is 1.29. The van der Waals surface area contributed by atoms with Gasteiger partial charge in [-0.15, -0.1) is 0 Å². The van der Waals surface area contributed by atoms with Gasteiger partial charge in [0.25, 0.3) is 0 Å². The Hall–Kier alpha value is -0.550. The van der Waals surface area contributed by atoms with Gasteiger partial charge < -0.3 is 10.6 Å². The first-order chi connectivity index (χ1) is 7.11. The maximum atomic E-state index is 11.3. The van der Waals surface area contributed by atoms with Crippen LogP contribution in [0.3, 0.4) is 0 Å². The van der Waals surface area contributed by atoms with E-state index in [4.69, 9.17) is 0 Å². The summed E-state index contributed by atoms with van der Waals surface area (Å²) in [6, 6.07) is -0.264. The lowest BCUT2D eigenvalue weighted by molar-refractivity contribution is -0.122. The summed E-state index contributed by atoms with van der Waals surface area (Å²) in [5.41, 5.74) is 0. The summed E-state index contributed by atoms with van der Waals surface area (Å²) in [7, 11) is 1.72. The number of ketones is 1. The van der Waals surface area contributed by atoms with Crippen LogP contribution in [0.2, 0.25) is 0 Å². The molecule has 0 aliphatic heterocycles. The third-order valence-corrected chi connectivity index (χ3v) is 2.35. The molecule has 0 radical (unpaired) electrons. The first-order valence-electron chi connectivity index (χ1n) is 5.56. The maximum absolute atomic E-state index is 11.3. The fraction of sp³-hybridized carbons (Fsp3) is 0.818. The van der Waals surface area contributed by atoms with Gasteiger partial charge in [0.1, 0.15) is 5.78 Å². The molecule has 0 spiro atoms. The zero-order chi connectivity index (χ0) is 11.7. The normalized spacial score (nSPS) is 11.4. The Bertz CT molecular complexity index is 210. The fourth-order valence-corrected chi connectivity index (χ4v) is 1.29. The summed E-state index contributed by atoms with van der Waals surface area (Å²) in [4.78, 5) is 22.3. The summed E-state index contributed by atoms with van der Waals surface area (Å²) in [6.07, 6.45) is 3.67. The molecule has 16 heavy (non-hydrogen) atoms. The molecule has 0 aromatic carbocycles. The number of hydrogen-bond acceptors (Lipinski definition) is 3. The Kier molecular flexibility index (Phi) is 12.2. The van der Waals surface area contributed by atoms with Crippen LogP contribution < -0.4 is 10.6 Å². The number of unbranched alkanes of at least 4 members (excludes halogenated alkanes) is 2.